The largest absolute Gasteiger partial charge is 0.362 e. The van der Waals surface area contributed by atoms with E-state index in [1.54, 1.807) is 0 Å². The van der Waals surface area contributed by atoms with E-state index >= 15 is 0 Å². The summed E-state index contributed by atoms with van der Waals surface area (Å²) in [4.78, 5) is 2.52. The maximum atomic E-state index is 5.19. The van der Waals surface area contributed by atoms with E-state index in [9.17, 15) is 0 Å². The zero-order valence-corrected chi connectivity index (χ0v) is 13.5. The number of ether oxygens (including phenoxy) is 1. The Morgan fingerprint density at radius 1 is 1.14 bits per heavy atom. The van der Waals surface area contributed by atoms with Crippen LogP contribution < -0.4 is 16.6 Å². The van der Waals surface area contributed by atoms with Crippen LogP contribution >= 0.6 is 0 Å². The molecule has 1 unspecified atom stereocenters. The molecule has 0 amide bonds. The third-order valence-corrected chi connectivity index (χ3v) is 4.05. The summed E-state index contributed by atoms with van der Waals surface area (Å²) in [5.74, 6) is 5.13. The lowest BCUT2D eigenvalue weighted by molar-refractivity contribution is -0.00510. The molecule has 0 aliphatic carbocycles. The summed E-state index contributed by atoms with van der Waals surface area (Å²) in [7, 11) is 0. The zero-order chi connectivity index (χ0) is 15.5. The van der Waals surface area contributed by atoms with Gasteiger partial charge in [-0.15, -0.1) is 0 Å². The molecule has 2 saturated heterocycles. The molecule has 4 N–H and O–H groups in total. The van der Waals surface area contributed by atoms with Crippen LogP contribution in [0.1, 0.15) is 31.2 Å². The smallest absolute Gasteiger partial charge is 0.120 e. The van der Waals surface area contributed by atoms with Crippen molar-refractivity contribution in [3.63, 3.8) is 0 Å². The van der Waals surface area contributed by atoms with Crippen LogP contribution in [0.15, 0.2) is 30.3 Å². The molecule has 0 bridgehead atoms. The fraction of sp³-hybridized carbons (Fsp3) is 0.647. The molecule has 3 rings (SSSR count). The number of hydrogen-bond donors (Lipinski definition) is 3. The minimum absolute atomic E-state index is 0.115. The van der Waals surface area contributed by atoms with Crippen molar-refractivity contribution in [2.24, 2.45) is 5.84 Å². The van der Waals surface area contributed by atoms with Gasteiger partial charge < -0.3 is 10.1 Å². The highest BCUT2D eigenvalue weighted by Gasteiger charge is 2.10. The molecule has 2 heterocycles. The Kier molecular flexibility index (Phi) is 8.45. The summed E-state index contributed by atoms with van der Waals surface area (Å²) in [6.45, 7) is 6.66. The summed E-state index contributed by atoms with van der Waals surface area (Å²) < 4.78 is 5.19. The van der Waals surface area contributed by atoms with Crippen LogP contribution in [0.4, 0.5) is 0 Å². The quantitative estimate of drug-likeness (QED) is 0.583. The van der Waals surface area contributed by atoms with Crippen molar-refractivity contribution in [1.29, 1.82) is 0 Å². The number of nitrogens with two attached hydrogens (primary N) is 1. The van der Waals surface area contributed by atoms with Crippen LogP contribution in [0.3, 0.4) is 0 Å². The zero-order valence-electron chi connectivity index (χ0n) is 13.5. The van der Waals surface area contributed by atoms with Crippen molar-refractivity contribution in [3.8, 4) is 0 Å². The Balaban J connectivity index is 0.000000188. The van der Waals surface area contributed by atoms with Gasteiger partial charge in [0.2, 0.25) is 0 Å². The third-order valence-electron chi connectivity index (χ3n) is 4.05. The molecule has 124 valence electrons. The van der Waals surface area contributed by atoms with Crippen molar-refractivity contribution < 1.29 is 4.74 Å². The summed E-state index contributed by atoms with van der Waals surface area (Å²) in [6, 6.07) is 10.7. The van der Waals surface area contributed by atoms with Crippen molar-refractivity contribution in [2.45, 2.75) is 38.5 Å². The molecule has 2 aliphatic heterocycles. The first-order valence-corrected chi connectivity index (χ1v) is 8.43. The van der Waals surface area contributed by atoms with E-state index < -0.39 is 0 Å². The first-order chi connectivity index (χ1) is 10.9. The van der Waals surface area contributed by atoms with Crippen LogP contribution in [0.25, 0.3) is 0 Å². The summed E-state index contributed by atoms with van der Waals surface area (Å²) in [6.07, 6.45) is 4.85. The maximum Gasteiger partial charge on any atom is 0.120 e. The van der Waals surface area contributed by atoms with Crippen LogP contribution in [-0.2, 0) is 11.3 Å². The predicted octanol–water partition coefficient (Wildman–Crippen LogP) is 1.46. The third kappa shape index (κ3) is 6.85. The topological polar surface area (TPSA) is 62.6 Å². The molecule has 2 aliphatic rings. The lowest BCUT2D eigenvalue weighted by Crippen LogP contribution is -2.39. The first kappa shape index (κ1) is 17.4. The average Bonchev–Trinajstić information content (AvgIpc) is 2.86. The van der Waals surface area contributed by atoms with Gasteiger partial charge in [-0.3, -0.25) is 10.7 Å². The molecule has 0 aromatic heterocycles. The van der Waals surface area contributed by atoms with E-state index in [1.807, 2.05) is 0 Å². The number of benzene rings is 1. The summed E-state index contributed by atoms with van der Waals surface area (Å²) in [5.41, 5.74) is 4.01. The van der Waals surface area contributed by atoms with Gasteiger partial charge in [0.15, 0.2) is 0 Å². The maximum absolute atomic E-state index is 5.19. The average molecular weight is 306 g/mol. The lowest BCUT2D eigenvalue weighted by atomic mass is 10.2. The molecule has 22 heavy (non-hydrogen) atoms. The molecule has 5 nitrogen and oxygen atoms in total. The molecule has 0 radical (unpaired) electrons. The van der Waals surface area contributed by atoms with Gasteiger partial charge >= 0.3 is 0 Å². The fourth-order valence-corrected chi connectivity index (χ4v) is 2.77. The molecule has 0 spiro atoms. The van der Waals surface area contributed by atoms with E-state index in [0.717, 1.165) is 26.1 Å². The van der Waals surface area contributed by atoms with E-state index in [4.69, 9.17) is 10.6 Å². The van der Waals surface area contributed by atoms with Crippen molar-refractivity contribution in [1.82, 2.24) is 15.6 Å². The fourth-order valence-electron chi connectivity index (χ4n) is 2.77. The summed E-state index contributed by atoms with van der Waals surface area (Å²) in [5, 5.41) is 3.42. The van der Waals surface area contributed by atoms with Gasteiger partial charge in [-0.1, -0.05) is 30.3 Å². The molecular weight excluding hydrogens is 276 g/mol. The lowest BCUT2D eigenvalue weighted by Gasteiger charge is -2.20. The molecule has 2 fully saturated rings. The molecule has 0 saturated carbocycles. The molecular formula is C17H30N4O. The second-order valence-electron chi connectivity index (χ2n) is 5.89. The van der Waals surface area contributed by atoms with Gasteiger partial charge in [0, 0.05) is 26.2 Å². The molecule has 1 atom stereocenters. The predicted molar refractivity (Wildman–Crippen MR) is 90.1 cm³/mol. The van der Waals surface area contributed by atoms with Crippen LogP contribution in [-0.4, -0.2) is 43.9 Å². The summed E-state index contributed by atoms with van der Waals surface area (Å²) >= 11 is 0. The van der Waals surface area contributed by atoms with E-state index in [-0.39, 0.29) is 6.23 Å². The first-order valence-electron chi connectivity index (χ1n) is 8.43. The molecule has 1 aromatic carbocycles. The minimum Gasteiger partial charge on any atom is -0.362 e. The van der Waals surface area contributed by atoms with E-state index in [1.165, 1.54) is 44.5 Å². The normalized spacial score (nSPS) is 23.2. The second kappa shape index (κ2) is 10.7. The van der Waals surface area contributed by atoms with Gasteiger partial charge in [0.25, 0.3) is 0 Å². The number of hydrazine groups is 1. The Bertz CT molecular complexity index is 374. The van der Waals surface area contributed by atoms with Gasteiger partial charge in [-0.25, -0.2) is 5.43 Å². The highest BCUT2D eigenvalue weighted by atomic mass is 16.5. The standard InChI is InChI=1S/C12H18N2.C5H12N2O/c1-2-5-12(6-3-1)11-14-9-4-7-13-8-10-14;6-7-5-3-1-2-4-8-5/h1-3,5-6,13H,4,7-11H2;5,7H,1-4,6H2. The second-order valence-corrected chi connectivity index (χ2v) is 5.89. The number of hydrogen-bond acceptors (Lipinski definition) is 5. The van der Waals surface area contributed by atoms with Crippen molar-refractivity contribution >= 4 is 0 Å². The van der Waals surface area contributed by atoms with E-state index in [2.05, 4.69) is 46.0 Å². The highest BCUT2D eigenvalue weighted by molar-refractivity contribution is 5.14. The van der Waals surface area contributed by atoms with Crippen molar-refractivity contribution in [3.05, 3.63) is 35.9 Å². The Morgan fingerprint density at radius 2 is 2.00 bits per heavy atom. The molecule has 1 aromatic rings. The van der Waals surface area contributed by atoms with Gasteiger partial charge in [-0.05, 0) is 44.3 Å². The number of nitrogens with one attached hydrogen (secondary N) is 2. The van der Waals surface area contributed by atoms with Gasteiger partial charge in [-0.2, -0.15) is 0 Å². The van der Waals surface area contributed by atoms with Crippen LogP contribution in [0, 0.1) is 0 Å². The van der Waals surface area contributed by atoms with E-state index in [0.29, 0.717) is 0 Å². The van der Waals surface area contributed by atoms with Crippen molar-refractivity contribution in [2.75, 3.05) is 32.8 Å². The monoisotopic (exact) mass is 306 g/mol. The number of rotatable bonds is 3. The van der Waals surface area contributed by atoms with Gasteiger partial charge in [0.05, 0.1) is 0 Å². The van der Waals surface area contributed by atoms with Crippen LogP contribution in [0.5, 0.6) is 0 Å². The Hall–Kier alpha value is -0.980. The SMILES string of the molecule is NNC1CCCCO1.c1ccc(CN2CCCNCC2)cc1. The van der Waals surface area contributed by atoms with Gasteiger partial charge in [0.1, 0.15) is 6.23 Å². The molecule has 5 heteroatoms. The Morgan fingerprint density at radius 3 is 2.68 bits per heavy atom. The van der Waals surface area contributed by atoms with Crippen LogP contribution in [0.2, 0.25) is 0 Å². The number of nitrogens with zero attached hydrogens (tertiary/aromatic N) is 1. The highest BCUT2D eigenvalue weighted by Crippen LogP contribution is 2.08. The minimum atomic E-state index is 0.115. The Labute approximate surface area is 134 Å².